The van der Waals surface area contributed by atoms with Gasteiger partial charge in [0.15, 0.2) is 6.10 Å². The van der Waals surface area contributed by atoms with Crippen LogP contribution in [0.2, 0.25) is 5.02 Å². The Morgan fingerprint density at radius 1 is 1.22 bits per heavy atom. The standard InChI is InChI=1S/C18H14ClN3O5/c1-10-3-5-12(6-4-10)17-21-20-16(27-17)11(2)26-18(23)14-9-13(22(24)25)7-8-15(14)19/h3-9,11H,1-2H3/t11-/m1/s1. The summed E-state index contributed by atoms with van der Waals surface area (Å²) in [6.07, 6.45) is -0.862. The molecule has 0 spiro atoms. The number of aromatic nitrogens is 2. The van der Waals surface area contributed by atoms with Gasteiger partial charge in [-0.05, 0) is 32.0 Å². The second-order valence-electron chi connectivity index (χ2n) is 5.78. The van der Waals surface area contributed by atoms with Crippen LogP contribution in [0.3, 0.4) is 0 Å². The monoisotopic (exact) mass is 387 g/mol. The number of hydrogen-bond donors (Lipinski definition) is 0. The highest BCUT2D eigenvalue weighted by Crippen LogP contribution is 2.26. The van der Waals surface area contributed by atoms with Gasteiger partial charge in [-0.15, -0.1) is 10.2 Å². The van der Waals surface area contributed by atoms with Gasteiger partial charge in [-0.3, -0.25) is 10.1 Å². The molecule has 0 aliphatic heterocycles. The topological polar surface area (TPSA) is 108 Å². The van der Waals surface area contributed by atoms with Crippen molar-refractivity contribution in [1.82, 2.24) is 10.2 Å². The molecular weight excluding hydrogens is 374 g/mol. The smallest absolute Gasteiger partial charge is 0.340 e. The lowest BCUT2D eigenvalue weighted by molar-refractivity contribution is -0.384. The molecule has 138 valence electrons. The fourth-order valence-electron chi connectivity index (χ4n) is 2.27. The molecule has 3 rings (SSSR count). The number of rotatable bonds is 5. The van der Waals surface area contributed by atoms with E-state index in [0.29, 0.717) is 5.89 Å². The molecule has 1 aromatic heterocycles. The Bertz CT molecular complexity index is 1000. The maximum atomic E-state index is 12.3. The van der Waals surface area contributed by atoms with Crippen LogP contribution in [0.5, 0.6) is 0 Å². The highest BCUT2D eigenvalue weighted by atomic mass is 35.5. The Labute approximate surface area is 158 Å². The average molecular weight is 388 g/mol. The zero-order chi connectivity index (χ0) is 19.6. The van der Waals surface area contributed by atoms with E-state index in [-0.39, 0.29) is 22.2 Å². The summed E-state index contributed by atoms with van der Waals surface area (Å²) in [7, 11) is 0. The molecule has 0 saturated heterocycles. The molecule has 0 fully saturated rings. The van der Waals surface area contributed by atoms with Gasteiger partial charge in [0.1, 0.15) is 0 Å². The number of non-ortho nitro benzene ring substituents is 1. The number of carbonyl (C=O) groups excluding carboxylic acids is 1. The molecule has 0 unspecified atom stereocenters. The number of nitro benzene ring substituents is 1. The first-order chi connectivity index (χ1) is 12.8. The van der Waals surface area contributed by atoms with Crippen molar-refractivity contribution in [2.24, 2.45) is 0 Å². The number of nitro groups is 1. The van der Waals surface area contributed by atoms with Crippen molar-refractivity contribution in [2.75, 3.05) is 0 Å². The second kappa shape index (κ2) is 7.55. The molecule has 1 heterocycles. The molecule has 3 aromatic rings. The van der Waals surface area contributed by atoms with Gasteiger partial charge in [-0.1, -0.05) is 29.3 Å². The van der Waals surface area contributed by atoms with Crippen molar-refractivity contribution in [2.45, 2.75) is 20.0 Å². The maximum Gasteiger partial charge on any atom is 0.340 e. The average Bonchev–Trinajstić information content (AvgIpc) is 3.12. The van der Waals surface area contributed by atoms with Crippen LogP contribution in [0, 0.1) is 17.0 Å². The van der Waals surface area contributed by atoms with Crippen molar-refractivity contribution in [1.29, 1.82) is 0 Å². The predicted molar refractivity (Wildman–Crippen MR) is 96.4 cm³/mol. The molecule has 0 aliphatic carbocycles. The van der Waals surface area contributed by atoms with Gasteiger partial charge in [0.2, 0.25) is 5.89 Å². The molecule has 8 nitrogen and oxygen atoms in total. The number of aryl methyl sites for hydroxylation is 1. The summed E-state index contributed by atoms with van der Waals surface area (Å²) in [5.41, 5.74) is 1.45. The Hall–Kier alpha value is -3.26. The van der Waals surface area contributed by atoms with Crippen LogP contribution >= 0.6 is 11.6 Å². The number of ether oxygens (including phenoxy) is 1. The number of benzene rings is 2. The number of halogens is 1. The summed E-state index contributed by atoms with van der Waals surface area (Å²) in [5.74, 6) is -0.437. The maximum absolute atomic E-state index is 12.3. The first-order valence-electron chi connectivity index (χ1n) is 7.90. The Morgan fingerprint density at radius 3 is 2.59 bits per heavy atom. The van der Waals surface area contributed by atoms with Crippen LogP contribution < -0.4 is 0 Å². The van der Waals surface area contributed by atoms with Crippen molar-refractivity contribution >= 4 is 23.3 Å². The summed E-state index contributed by atoms with van der Waals surface area (Å²) >= 11 is 5.95. The lowest BCUT2D eigenvalue weighted by atomic mass is 10.1. The Kier molecular flexibility index (Phi) is 5.18. The van der Waals surface area contributed by atoms with Gasteiger partial charge in [-0.25, -0.2) is 4.79 Å². The summed E-state index contributed by atoms with van der Waals surface area (Å²) in [4.78, 5) is 22.6. The van der Waals surface area contributed by atoms with Crippen LogP contribution in [0.25, 0.3) is 11.5 Å². The highest BCUT2D eigenvalue weighted by Gasteiger charge is 2.23. The van der Waals surface area contributed by atoms with Gasteiger partial charge < -0.3 is 9.15 Å². The van der Waals surface area contributed by atoms with Gasteiger partial charge >= 0.3 is 5.97 Å². The zero-order valence-electron chi connectivity index (χ0n) is 14.4. The fourth-order valence-corrected chi connectivity index (χ4v) is 2.46. The van der Waals surface area contributed by atoms with Crippen LogP contribution in [-0.4, -0.2) is 21.1 Å². The first-order valence-corrected chi connectivity index (χ1v) is 8.28. The minimum Gasteiger partial charge on any atom is -0.449 e. The molecule has 9 heteroatoms. The lowest BCUT2D eigenvalue weighted by Crippen LogP contribution is -2.10. The van der Waals surface area contributed by atoms with E-state index in [1.807, 2.05) is 31.2 Å². The number of hydrogen-bond acceptors (Lipinski definition) is 7. The number of nitrogens with zero attached hydrogens (tertiary/aromatic N) is 3. The van der Waals surface area contributed by atoms with Crippen molar-refractivity contribution in [3.8, 4) is 11.5 Å². The van der Waals surface area contributed by atoms with Gasteiger partial charge in [0.25, 0.3) is 11.6 Å². The minimum atomic E-state index is -0.862. The first kappa shape index (κ1) is 18.5. The third-order valence-corrected chi connectivity index (χ3v) is 4.08. The van der Waals surface area contributed by atoms with Crippen molar-refractivity contribution < 1.29 is 18.9 Å². The van der Waals surface area contributed by atoms with E-state index in [2.05, 4.69) is 10.2 Å². The Balaban J connectivity index is 1.77. The molecule has 0 radical (unpaired) electrons. The summed E-state index contributed by atoms with van der Waals surface area (Å²) in [5, 5.41) is 18.8. The molecule has 1 atom stereocenters. The van der Waals surface area contributed by atoms with E-state index in [0.717, 1.165) is 17.2 Å². The summed E-state index contributed by atoms with van der Waals surface area (Å²) in [6, 6.07) is 11.0. The molecule has 27 heavy (non-hydrogen) atoms. The molecule has 0 saturated carbocycles. The number of esters is 1. The van der Waals surface area contributed by atoms with Crippen LogP contribution in [0.4, 0.5) is 5.69 Å². The number of carbonyl (C=O) groups is 1. The minimum absolute atomic E-state index is 0.0451. The van der Waals surface area contributed by atoms with E-state index in [1.54, 1.807) is 6.92 Å². The van der Waals surface area contributed by atoms with Gasteiger partial charge in [-0.2, -0.15) is 0 Å². The summed E-state index contributed by atoms with van der Waals surface area (Å²) in [6.45, 7) is 3.51. The molecule has 0 N–H and O–H groups in total. The normalized spacial score (nSPS) is 11.8. The second-order valence-corrected chi connectivity index (χ2v) is 6.19. The van der Waals surface area contributed by atoms with Crippen LogP contribution in [0.1, 0.15) is 34.8 Å². The van der Waals surface area contributed by atoms with Gasteiger partial charge in [0.05, 0.1) is 15.5 Å². The Morgan fingerprint density at radius 2 is 1.93 bits per heavy atom. The molecule has 0 aliphatic rings. The largest absolute Gasteiger partial charge is 0.449 e. The lowest BCUT2D eigenvalue weighted by Gasteiger charge is -2.10. The van der Waals surface area contributed by atoms with Crippen LogP contribution in [-0.2, 0) is 4.74 Å². The van der Waals surface area contributed by atoms with Crippen LogP contribution in [0.15, 0.2) is 46.9 Å². The SMILES string of the molecule is Cc1ccc(-c2nnc([C@@H](C)OC(=O)c3cc([N+](=O)[O-])ccc3Cl)o2)cc1. The fraction of sp³-hybridized carbons (Fsp3) is 0.167. The molecule has 2 aromatic carbocycles. The molecule has 0 amide bonds. The van der Waals surface area contributed by atoms with E-state index < -0.39 is 17.0 Å². The summed E-state index contributed by atoms with van der Waals surface area (Å²) < 4.78 is 10.8. The van der Waals surface area contributed by atoms with Crippen molar-refractivity contribution in [3.63, 3.8) is 0 Å². The van der Waals surface area contributed by atoms with E-state index in [1.165, 1.54) is 12.1 Å². The van der Waals surface area contributed by atoms with Crippen molar-refractivity contribution in [3.05, 3.63) is 74.6 Å². The van der Waals surface area contributed by atoms with E-state index >= 15 is 0 Å². The zero-order valence-corrected chi connectivity index (χ0v) is 15.1. The third-order valence-electron chi connectivity index (χ3n) is 3.75. The highest BCUT2D eigenvalue weighted by molar-refractivity contribution is 6.33. The van der Waals surface area contributed by atoms with Gasteiger partial charge in [0, 0.05) is 17.7 Å². The van der Waals surface area contributed by atoms with E-state index in [4.69, 9.17) is 20.8 Å². The molecular formula is C18H14ClN3O5. The quantitative estimate of drug-likeness (QED) is 0.359. The predicted octanol–water partition coefficient (Wildman–Crippen LogP) is 4.52. The molecule has 0 bridgehead atoms. The third kappa shape index (κ3) is 4.12. The van der Waals surface area contributed by atoms with E-state index in [9.17, 15) is 14.9 Å².